The molecule has 2 heterocycles. The Balaban J connectivity index is 1.92. The van der Waals surface area contributed by atoms with Crippen LogP contribution in [0.25, 0.3) is 0 Å². The van der Waals surface area contributed by atoms with Gasteiger partial charge in [0.25, 0.3) is 5.56 Å². The Hall–Kier alpha value is -3.49. The van der Waals surface area contributed by atoms with Crippen molar-refractivity contribution in [3.8, 4) is 11.8 Å². The zero-order valence-corrected chi connectivity index (χ0v) is 17.4. The van der Waals surface area contributed by atoms with Crippen LogP contribution in [0.4, 0.5) is 0 Å². The van der Waals surface area contributed by atoms with E-state index in [1.165, 1.54) is 0 Å². The number of rotatable bonds is 3. The van der Waals surface area contributed by atoms with E-state index < -0.39 is 5.92 Å². The van der Waals surface area contributed by atoms with Gasteiger partial charge < -0.3 is 15.0 Å². The highest BCUT2D eigenvalue weighted by Gasteiger charge is 2.34. The van der Waals surface area contributed by atoms with Crippen LogP contribution < -0.4 is 16.0 Å². The number of halogens is 1. The number of hydrogen-bond donors (Lipinski definition) is 1. The number of ether oxygens (including phenoxy) is 1. The Morgan fingerprint density at radius 1 is 1.17 bits per heavy atom. The van der Waals surface area contributed by atoms with Crippen molar-refractivity contribution in [3.05, 3.63) is 109 Å². The maximum atomic E-state index is 13.6. The highest BCUT2D eigenvalue weighted by molar-refractivity contribution is 6.30. The molecule has 2 N–H and O–H groups in total. The number of allylic oxidation sites excluding steroid dienone is 1. The molecule has 0 fully saturated rings. The predicted molar refractivity (Wildman–Crippen MR) is 116 cm³/mol. The summed E-state index contributed by atoms with van der Waals surface area (Å²) in [7, 11) is 0. The zero-order valence-electron chi connectivity index (χ0n) is 16.6. The van der Waals surface area contributed by atoms with Crippen molar-refractivity contribution >= 4 is 11.6 Å². The molecule has 5 nitrogen and oxygen atoms in total. The minimum atomic E-state index is -0.644. The van der Waals surface area contributed by atoms with Crippen molar-refractivity contribution in [2.75, 3.05) is 0 Å². The molecule has 3 aromatic rings. The molecule has 1 atom stereocenters. The average molecular weight is 418 g/mol. The van der Waals surface area contributed by atoms with Crippen molar-refractivity contribution in [3.63, 3.8) is 0 Å². The normalized spacial score (nSPS) is 15.3. The van der Waals surface area contributed by atoms with E-state index in [0.29, 0.717) is 22.9 Å². The van der Waals surface area contributed by atoms with Crippen LogP contribution in [-0.2, 0) is 6.54 Å². The minimum absolute atomic E-state index is 0.00469. The molecule has 6 heteroatoms. The van der Waals surface area contributed by atoms with E-state index in [-0.39, 0.29) is 17.0 Å². The number of nitrogens with two attached hydrogens (primary N) is 1. The molecular formula is C24H20ClN3O2. The maximum absolute atomic E-state index is 13.6. The summed E-state index contributed by atoms with van der Waals surface area (Å²) in [5.74, 6) is -0.265. The van der Waals surface area contributed by atoms with Crippen LogP contribution in [0.3, 0.4) is 0 Å². The maximum Gasteiger partial charge on any atom is 0.259 e. The lowest BCUT2D eigenvalue weighted by Crippen LogP contribution is -2.33. The topological polar surface area (TPSA) is 81.0 Å². The van der Waals surface area contributed by atoms with E-state index >= 15 is 0 Å². The van der Waals surface area contributed by atoms with E-state index in [9.17, 15) is 10.1 Å². The lowest BCUT2D eigenvalue weighted by Gasteiger charge is -2.27. The second-order valence-corrected chi connectivity index (χ2v) is 7.86. The van der Waals surface area contributed by atoms with Gasteiger partial charge in [-0.05, 0) is 37.1 Å². The molecule has 0 spiro atoms. The predicted octanol–water partition coefficient (Wildman–Crippen LogP) is 4.39. The second kappa shape index (κ2) is 7.74. The number of pyridine rings is 1. The smallest absolute Gasteiger partial charge is 0.259 e. The molecule has 1 aliphatic heterocycles. The van der Waals surface area contributed by atoms with E-state index in [4.69, 9.17) is 22.1 Å². The van der Waals surface area contributed by atoms with E-state index in [2.05, 4.69) is 6.07 Å². The second-order valence-electron chi connectivity index (χ2n) is 7.42. The van der Waals surface area contributed by atoms with Gasteiger partial charge in [0.05, 0.1) is 18.0 Å². The zero-order chi connectivity index (χ0) is 21.4. The van der Waals surface area contributed by atoms with Gasteiger partial charge in [0.1, 0.15) is 17.4 Å². The monoisotopic (exact) mass is 417 g/mol. The van der Waals surface area contributed by atoms with Crippen LogP contribution in [-0.4, -0.2) is 4.57 Å². The first kappa shape index (κ1) is 19.8. The summed E-state index contributed by atoms with van der Waals surface area (Å²) in [5.41, 5.74) is 10.0. The minimum Gasteiger partial charge on any atom is -0.440 e. The number of fused-ring (bicyclic) bond motifs is 1. The fourth-order valence-corrected chi connectivity index (χ4v) is 3.98. The summed E-state index contributed by atoms with van der Waals surface area (Å²) < 4.78 is 7.38. The Morgan fingerprint density at radius 3 is 2.57 bits per heavy atom. The molecule has 1 unspecified atom stereocenters. The lowest BCUT2D eigenvalue weighted by atomic mass is 9.84. The Bertz CT molecular complexity index is 1270. The Labute approximate surface area is 179 Å². The quantitative estimate of drug-likeness (QED) is 0.685. The van der Waals surface area contributed by atoms with Gasteiger partial charge in [0.2, 0.25) is 5.88 Å². The highest BCUT2D eigenvalue weighted by atomic mass is 35.5. The summed E-state index contributed by atoms with van der Waals surface area (Å²) in [6.07, 6.45) is 0. The number of hydrogen-bond acceptors (Lipinski definition) is 4. The SMILES string of the molecule is Cc1ccc(Cn2c(C)cc3c(c2=O)C(c2cccc(Cl)c2)C(C#N)=C(N)O3)cc1. The van der Waals surface area contributed by atoms with Gasteiger partial charge in [-0.25, -0.2) is 0 Å². The van der Waals surface area contributed by atoms with Crippen molar-refractivity contribution in [1.29, 1.82) is 5.26 Å². The summed E-state index contributed by atoms with van der Waals surface area (Å²) in [5, 5.41) is 10.3. The third-order valence-electron chi connectivity index (χ3n) is 5.33. The summed E-state index contributed by atoms with van der Waals surface area (Å²) in [6, 6.07) is 19.1. The lowest BCUT2D eigenvalue weighted by molar-refractivity contribution is 0.389. The molecule has 2 aromatic carbocycles. The van der Waals surface area contributed by atoms with E-state index in [0.717, 1.165) is 22.4 Å². The first-order valence-electron chi connectivity index (χ1n) is 9.52. The van der Waals surface area contributed by atoms with Gasteiger partial charge in [-0.15, -0.1) is 0 Å². The molecule has 1 aliphatic rings. The van der Waals surface area contributed by atoms with Crippen LogP contribution in [0.5, 0.6) is 5.75 Å². The molecular weight excluding hydrogens is 398 g/mol. The number of nitrogens with zero attached hydrogens (tertiary/aromatic N) is 2. The van der Waals surface area contributed by atoms with Gasteiger partial charge in [-0.3, -0.25) is 4.79 Å². The molecule has 0 saturated heterocycles. The molecule has 1 aromatic heterocycles. The first-order valence-corrected chi connectivity index (χ1v) is 9.89. The fraction of sp³-hybridized carbons (Fsp3) is 0.167. The summed E-state index contributed by atoms with van der Waals surface area (Å²) in [4.78, 5) is 13.6. The Kier molecular flexibility index (Phi) is 5.11. The van der Waals surface area contributed by atoms with Crippen LogP contribution in [0.1, 0.15) is 33.9 Å². The third-order valence-corrected chi connectivity index (χ3v) is 5.57. The molecule has 4 rings (SSSR count). The molecule has 150 valence electrons. The Morgan fingerprint density at radius 2 is 1.90 bits per heavy atom. The van der Waals surface area contributed by atoms with Crippen molar-refractivity contribution in [2.45, 2.75) is 26.3 Å². The van der Waals surface area contributed by atoms with Gasteiger partial charge in [-0.1, -0.05) is 53.6 Å². The number of benzene rings is 2. The number of aromatic nitrogens is 1. The molecule has 0 amide bonds. The van der Waals surface area contributed by atoms with Gasteiger partial charge in [0, 0.05) is 16.8 Å². The van der Waals surface area contributed by atoms with Gasteiger partial charge in [-0.2, -0.15) is 5.26 Å². The molecule has 0 bridgehead atoms. The van der Waals surface area contributed by atoms with Gasteiger partial charge in [0.15, 0.2) is 0 Å². The van der Waals surface area contributed by atoms with Crippen molar-refractivity contribution in [2.24, 2.45) is 5.73 Å². The summed E-state index contributed by atoms with van der Waals surface area (Å²) in [6.45, 7) is 4.29. The first-order chi connectivity index (χ1) is 14.4. The summed E-state index contributed by atoms with van der Waals surface area (Å²) >= 11 is 6.19. The molecule has 0 radical (unpaired) electrons. The van der Waals surface area contributed by atoms with Crippen LogP contribution in [0.2, 0.25) is 5.02 Å². The largest absolute Gasteiger partial charge is 0.440 e. The third kappa shape index (κ3) is 3.47. The van der Waals surface area contributed by atoms with E-state index in [1.807, 2.05) is 44.2 Å². The van der Waals surface area contributed by atoms with E-state index in [1.54, 1.807) is 28.8 Å². The molecule has 30 heavy (non-hydrogen) atoms. The van der Waals surface area contributed by atoms with Gasteiger partial charge >= 0.3 is 0 Å². The highest BCUT2D eigenvalue weighted by Crippen LogP contribution is 2.41. The number of aryl methyl sites for hydroxylation is 2. The standard InChI is InChI=1S/C24H20ClN3O2/c1-14-6-8-16(9-7-14)13-28-15(2)10-20-22(24(28)29)21(19(12-26)23(27)30-20)17-4-3-5-18(25)11-17/h3-11,21H,13,27H2,1-2H3. The van der Waals surface area contributed by atoms with Crippen molar-refractivity contribution < 1.29 is 4.74 Å². The molecule has 0 aliphatic carbocycles. The fourth-order valence-electron chi connectivity index (χ4n) is 3.78. The molecule has 0 saturated carbocycles. The van der Waals surface area contributed by atoms with Crippen LogP contribution in [0.15, 0.2) is 70.8 Å². The van der Waals surface area contributed by atoms with Crippen LogP contribution in [0, 0.1) is 25.2 Å². The average Bonchev–Trinajstić information content (AvgIpc) is 2.71. The van der Waals surface area contributed by atoms with Crippen LogP contribution >= 0.6 is 11.6 Å². The number of nitriles is 1. The van der Waals surface area contributed by atoms with Crippen molar-refractivity contribution in [1.82, 2.24) is 4.57 Å².